The largest absolute Gasteiger partial charge is 0.399 e. The van der Waals surface area contributed by atoms with Crippen molar-refractivity contribution in [3.8, 4) is 0 Å². The van der Waals surface area contributed by atoms with Crippen LogP contribution in [0.5, 0.6) is 0 Å². The molecule has 2 aromatic rings. The average Bonchev–Trinajstić information content (AvgIpc) is 2.48. The Balaban J connectivity index is 2.08. The summed E-state index contributed by atoms with van der Waals surface area (Å²) in [6.45, 7) is 0. The number of hydrogen-bond acceptors (Lipinski definition) is 2. The van der Waals surface area contributed by atoms with Crippen LogP contribution in [0, 0.1) is 0 Å². The molecule has 0 amide bonds. The van der Waals surface area contributed by atoms with E-state index in [-0.39, 0.29) is 0 Å². The molecule has 0 aliphatic carbocycles. The summed E-state index contributed by atoms with van der Waals surface area (Å²) in [6, 6.07) is 14.5. The van der Waals surface area contributed by atoms with Crippen molar-refractivity contribution in [2.75, 3.05) is 11.1 Å². The SMILES string of the molecule is Nc1ccc2c(c1)CCc1ccccc1N2. The number of aryl methyl sites for hydroxylation is 2. The van der Waals surface area contributed by atoms with Gasteiger partial charge in [0, 0.05) is 17.1 Å². The monoisotopic (exact) mass is 210 g/mol. The molecule has 16 heavy (non-hydrogen) atoms. The molecule has 0 aromatic heterocycles. The predicted octanol–water partition coefficient (Wildman–Crippen LogP) is 3.11. The van der Waals surface area contributed by atoms with Gasteiger partial charge < -0.3 is 11.1 Å². The first-order valence-electron chi connectivity index (χ1n) is 5.56. The van der Waals surface area contributed by atoms with E-state index in [0.717, 1.165) is 18.5 Å². The van der Waals surface area contributed by atoms with E-state index in [9.17, 15) is 0 Å². The zero-order valence-electron chi connectivity index (χ0n) is 9.03. The highest BCUT2D eigenvalue weighted by Gasteiger charge is 2.11. The first-order valence-corrected chi connectivity index (χ1v) is 5.56. The Morgan fingerprint density at radius 2 is 1.62 bits per heavy atom. The highest BCUT2D eigenvalue weighted by atomic mass is 14.9. The molecule has 2 aromatic carbocycles. The fraction of sp³-hybridized carbons (Fsp3) is 0.143. The van der Waals surface area contributed by atoms with Crippen LogP contribution < -0.4 is 11.1 Å². The summed E-state index contributed by atoms with van der Waals surface area (Å²) in [4.78, 5) is 0. The van der Waals surface area contributed by atoms with Crippen molar-refractivity contribution in [3.05, 3.63) is 53.6 Å². The van der Waals surface area contributed by atoms with Crippen LogP contribution in [0.25, 0.3) is 0 Å². The molecule has 2 nitrogen and oxygen atoms in total. The quantitative estimate of drug-likeness (QED) is 0.656. The van der Waals surface area contributed by atoms with E-state index in [4.69, 9.17) is 5.73 Å². The Morgan fingerprint density at radius 3 is 2.56 bits per heavy atom. The summed E-state index contributed by atoms with van der Waals surface area (Å²) in [5.74, 6) is 0. The van der Waals surface area contributed by atoms with Crippen molar-refractivity contribution in [2.45, 2.75) is 12.8 Å². The van der Waals surface area contributed by atoms with E-state index in [2.05, 4.69) is 41.7 Å². The first-order chi connectivity index (χ1) is 7.83. The van der Waals surface area contributed by atoms with Gasteiger partial charge in [-0.3, -0.25) is 0 Å². The fourth-order valence-electron chi connectivity index (χ4n) is 2.22. The van der Waals surface area contributed by atoms with Crippen molar-refractivity contribution < 1.29 is 0 Å². The van der Waals surface area contributed by atoms with Crippen LogP contribution in [0.3, 0.4) is 0 Å². The number of anilines is 3. The van der Waals surface area contributed by atoms with Crippen LogP contribution >= 0.6 is 0 Å². The van der Waals surface area contributed by atoms with Crippen LogP contribution in [0.2, 0.25) is 0 Å². The summed E-state index contributed by atoms with van der Waals surface area (Å²) in [5, 5.41) is 3.47. The minimum Gasteiger partial charge on any atom is -0.399 e. The number of benzene rings is 2. The molecule has 0 bridgehead atoms. The summed E-state index contributed by atoms with van der Waals surface area (Å²) in [6.07, 6.45) is 2.12. The highest BCUT2D eigenvalue weighted by molar-refractivity contribution is 5.70. The maximum absolute atomic E-state index is 5.81. The number of fused-ring (bicyclic) bond motifs is 2. The number of rotatable bonds is 0. The van der Waals surface area contributed by atoms with Gasteiger partial charge in [-0.1, -0.05) is 18.2 Å². The molecule has 0 saturated carbocycles. The molecule has 0 atom stereocenters. The molecule has 3 rings (SSSR count). The third-order valence-corrected chi connectivity index (χ3v) is 3.08. The molecule has 0 fully saturated rings. The average molecular weight is 210 g/mol. The lowest BCUT2D eigenvalue weighted by Crippen LogP contribution is -1.94. The van der Waals surface area contributed by atoms with Gasteiger partial charge >= 0.3 is 0 Å². The van der Waals surface area contributed by atoms with Crippen LogP contribution in [-0.2, 0) is 12.8 Å². The number of nitrogen functional groups attached to an aromatic ring is 1. The Labute approximate surface area is 95.1 Å². The third kappa shape index (κ3) is 1.52. The Hall–Kier alpha value is -1.96. The van der Waals surface area contributed by atoms with E-state index in [0.29, 0.717) is 0 Å². The van der Waals surface area contributed by atoms with Gasteiger partial charge in [0.05, 0.1) is 0 Å². The number of nitrogens with two attached hydrogens (primary N) is 1. The Morgan fingerprint density at radius 1 is 0.875 bits per heavy atom. The normalized spacial score (nSPS) is 13.2. The van der Waals surface area contributed by atoms with E-state index in [1.165, 1.54) is 22.5 Å². The van der Waals surface area contributed by atoms with Crippen molar-refractivity contribution in [1.29, 1.82) is 0 Å². The van der Waals surface area contributed by atoms with Gasteiger partial charge in [0.2, 0.25) is 0 Å². The molecular formula is C14H14N2. The fourth-order valence-corrected chi connectivity index (χ4v) is 2.22. The summed E-state index contributed by atoms with van der Waals surface area (Å²) in [5.41, 5.74) is 11.7. The molecule has 1 aliphatic heterocycles. The molecule has 0 radical (unpaired) electrons. The second-order valence-corrected chi connectivity index (χ2v) is 4.20. The second-order valence-electron chi connectivity index (χ2n) is 4.20. The standard InChI is InChI=1S/C14H14N2/c15-12-7-8-14-11(9-12)6-5-10-3-1-2-4-13(10)16-14/h1-4,7-9,16H,5-6,15H2. The lowest BCUT2D eigenvalue weighted by molar-refractivity contribution is 0.978. The second kappa shape index (κ2) is 3.56. The molecule has 0 spiro atoms. The van der Waals surface area contributed by atoms with E-state index in [1.807, 2.05) is 6.07 Å². The van der Waals surface area contributed by atoms with E-state index >= 15 is 0 Å². The molecule has 1 aliphatic rings. The van der Waals surface area contributed by atoms with Crippen molar-refractivity contribution >= 4 is 17.1 Å². The summed E-state index contributed by atoms with van der Waals surface area (Å²) < 4.78 is 0. The summed E-state index contributed by atoms with van der Waals surface area (Å²) >= 11 is 0. The number of para-hydroxylation sites is 1. The van der Waals surface area contributed by atoms with Crippen LogP contribution in [0.4, 0.5) is 17.1 Å². The minimum atomic E-state index is 0.839. The number of hydrogen-bond donors (Lipinski definition) is 2. The van der Waals surface area contributed by atoms with E-state index < -0.39 is 0 Å². The Kier molecular flexibility index (Phi) is 2.07. The Bertz CT molecular complexity index is 532. The molecule has 2 heteroatoms. The highest BCUT2D eigenvalue weighted by Crippen LogP contribution is 2.30. The topological polar surface area (TPSA) is 38.0 Å². The third-order valence-electron chi connectivity index (χ3n) is 3.08. The maximum Gasteiger partial charge on any atom is 0.0418 e. The van der Waals surface area contributed by atoms with Gasteiger partial charge in [-0.25, -0.2) is 0 Å². The van der Waals surface area contributed by atoms with Crippen LogP contribution in [0.1, 0.15) is 11.1 Å². The molecule has 0 unspecified atom stereocenters. The van der Waals surface area contributed by atoms with Crippen molar-refractivity contribution in [1.82, 2.24) is 0 Å². The molecule has 1 heterocycles. The summed E-state index contributed by atoms with van der Waals surface area (Å²) in [7, 11) is 0. The molecule has 0 saturated heterocycles. The van der Waals surface area contributed by atoms with Crippen LogP contribution in [-0.4, -0.2) is 0 Å². The van der Waals surface area contributed by atoms with Crippen LogP contribution in [0.15, 0.2) is 42.5 Å². The predicted molar refractivity (Wildman–Crippen MR) is 68.0 cm³/mol. The number of nitrogens with one attached hydrogen (secondary N) is 1. The van der Waals surface area contributed by atoms with Gasteiger partial charge in [-0.2, -0.15) is 0 Å². The van der Waals surface area contributed by atoms with Gasteiger partial charge in [-0.15, -0.1) is 0 Å². The smallest absolute Gasteiger partial charge is 0.0418 e. The zero-order valence-corrected chi connectivity index (χ0v) is 9.03. The van der Waals surface area contributed by atoms with Crippen molar-refractivity contribution in [3.63, 3.8) is 0 Å². The molecular weight excluding hydrogens is 196 g/mol. The zero-order chi connectivity index (χ0) is 11.0. The molecule has 3 N–H and O–H groups in total. The molecule has 80 valence electrons. The van der Waals surface area contributed by atoms with E-state index in [1.54, 1.807) is 0 Å². The van der Waals surface area contributed by atoms with Gasteiger partial charge in [0.1, 0.15) is 0 Å². The lowest BCUT2D eigenvalue weighted by Gasteiger charge is -2.09. The lowest BCUT2D eigenvalue weighted by atomic mass is 10.0. The van der Waals surface area contributed by atoms with Gasteiger partial charge in [0.25, 0.3) is 0 Å². The van der Waals surface area contributed by atoms with Gasteiger partial charge in [0.15, 0.2) is 0 Å². The van der Waals surface area contributed by atoms with Crippen molar-refractivity contribution in [2.24, 2.45) is 0 Å². The maximum atomic E-state index is 5.81. The van der Waals surface area contributed by atoms with Gasteiger partial charge in [-0.05, 0) is 48.2 Å². The minimum absolute atomic E-state index is 0.839. The first kappa shape index (κ1) is 9.28.